The summed E-state index contributed by atoms with van der Waals surface area (Å²) in [5.74, 6) is 0.182. The molecule has 0 saturated carbocycles. The van der Waals surface area contributed by atoms with E-state index in [1.54, 1.807) is 13.8 Å². The molecule has 21 heavy (non-hydrogen) atoms. The first kappa shape index (κ1) is 17.1. The molecular formula is C12H20N4O4S. The molecule has 0 saturated heterocycles. The van der Waals surface area contributed by atoms with Crippen LogP contribution in [0.5, 0.6) is 5.75 Å². The first-order chi connectivity index (χ1) is 9.89. The van der Waals surface area contributed by atoms with Crippen LogP contribution in [0.3, 0.4) is 0 Å². The van der Waals surface area contributed by atoms with Crippen molar-refractivity contribution in [2.45, 2.75) is 13.8 Å². The number of nitrogens with zero attached hydrogens (tertiary/aromatic N) is 2. The van der Waals surface area contributed by atoms with E-state index >= 15 is 0 Å². The highest BCUT2D eigenvalue weighted by atomic mass is 32.2. The van der Waals surface area contributed by atoms with Gasteiger partial charge in [0.2, 0.25) is 0 Å². The van der Waals surface area contributed by atoms with Crippen molar-refractivity contribution in [3.8, 4) is 5.75 Å². The Balaban J connectivity index is 3.15. The smallest absolute Gasteiger partial charge is 0.301 e. The van der Waals surface area contributed by atoms with Crippen LogP contribution < -0.4 is 15.2 Å². The minimum absolute atomic E-state index is 0.0912. The van der Waals surface area contributed by atoms with E-state index in [2.05, 4.69) is 9.88 Å². The van der Waals surface area contributed by atoms with Gasteiger partial charge in [0, 0.05) is 18.7 Å². The van der Waals surface area contributed by atoms with Gasteiger partial charge in [-0.2, -0.15) is 12.7 Å². The van der Waals surface area contributed by atoms with Crippen molar-refractivity contribution in [2.75, 3.05) is 24.9 Å². The van der Waals surface area contributed by atoms with E-state index in [4.69, 9.17) is 15.7 Å². The molecule has 0 unspecified atom stereocenters. The van der Waals surface area contributed by atoms with Gasteiger partial charge in [-0.3, -0.25) is 4.72 Å². The number of anilines is 1. The molecule has 1 rings (SSSR count). The van der Waals surface area contributed by atoms with E-state index in [1.165, 1.54) is 29.6 Å². The van der Waals surface area contributed by atoms with Crippen molar-refractivity contribution in [1.29, 1.82) is 0 Å². The third-order valence-corrected chi connectivity index (χ3v) is 4.56. The van der Waals surface area contributed by atoms with Crippen LogP contribution >= 0.6 is 0 Å². The highest BCUT2D eigenvalue weighted by molar-refractivity contribution is 7.90. The second-order valence-electron chi connectivity index (χ2n) is 4.09. The van der Waals surface area contributed by atoms with Crippen LogP contribution in [0.25, 0.3) is 0 Å². The topological polar surface area (TPSA) is 117 Å². The minimum atomic E-state index is -3.65. The molecule has 1 aromatic carbocycles. The van der Waals surface area contributed by atoms with E-state index in [9.17, 15) is 8.42 Å². The lowest BCUT2D eigenvalue weighted by molar-refractivity contribution is 0.318. The Morgan fingerprint density at radius 3 is 2.52 bits per heavy atom. The fraction of sp³-hybridized carbons (Fsp3) is 0.417. The molecule has 8 nitrogen and oxygen atoms in total. The summed E-state index contributed by atoms with van der Waals surface area (Å²) in [6.07, 6.45) is 0. The number of amidine groups is 1. The van der Waals surface area contributed by atoms with Gasteiger partial charge in [0.1, 0.15) is 5.75 Å². The van der Waals surface area contributed by atoms with E-state index in [0.717, 1.165) is 0 Å². The largest absolute Gasteiger partial charge is 0.495 e. The summed E-state index contributed by atoms with van der Waals surface area (Å²) < 4.78 is 33.2. The van der Waals surface area contributed by atoms with Crippen LogP contribution in [0.2, 0.25) is 0 Å². The molecule has 0 atom stereocenters. The zero-order valence-electron chi connectivity index (χ0n) is 12.2. The molecule has 0 radical (unpaired) electrons. The average Bonchev–Trinajstić information content (AvgIpc) is 2.47. The van der Waals surface area contributed by atoms with Crippen LogP contribution in [0.15, 0.2) is 23.4 Å². The van der Waals surface area contributed by atoms with Crippen LogP contribution in [-0.2, 0) is 10.2 Å². The Kier molecular flexibility index (Phi) is 5.79. The van der Waals surface area contributed by atoms with Gasteiger partial charge in [-0.1, -0.05) is 19.0 Å². The van der Waals surface area contributed by atoms with Gasteiger partial charge >= 0.3 is 10.2 Å². The molecule has 0 heterocycles. The molecule has 0 bridgehead atoms. The van der Waals surface area contributed by atoms with Gasteiger partial charge in [0.25, 0.3) is 0 Å². The fourth-order valence-corrected chi connectivity index (χ4v) is 3.02. The highest BCUT2D eigenvalue weighted by Crippen LogP contribution is 2.27. The summed E-state index contributed by atoms with van der Waals surface area (Å²) in [4.78, 5) is 0. The maximum Gasteiger partial charge on any atom is 0.301 e. The molecule has 0 aromatic heterocycles. The van der Waals surface area contributed by atoms with Crippen molar-refractivity contribution >= 4 is 21.7 Å². The lowest BCUT2D eigenvalue weighted by Crippen LogP contribution is -2.35. The molecular weight excluding hydrogens is 296 g/mol. The second-order valence-corrected chi connectivity index (χ2v) is 5.76. The normalized spacial score (nSPS) is 12.5. The maximum absolute atomic E-state index is 12.2. The standard InChI is InChI=1S/C12H20N4O4S/c1-4-16(5-2)21(18,19)15-10-7-6-9(12(13)14-17)8-11(10)20-3/h6-8,15,17H,4-5H2,1-3H3,(H2,13,14). The predicted octanol–water partition coefficient (Wildman–Crippen LogP) is 0.788. The number of ether oxygens (including phenoxy) is 1. The zero-order chi connectivity index (χ0) is 16.0. The van der Waals surface area contributed by atoms with E-state index in [1.807, 2.05) is 0 Å². The molecule has 0 aliphatic rings. The Bertz CT molecular complexity index is 612. The fourth-order valence-electron chi connectivity index (χ4n) is 1.76. The molecule has 9 heteroatoms. The number of hydrogen-bond acceptors (Lipinski definition) is 5. The third kappa shape index (κ3) is 3.99. The summed E-state index contributed by atoms with van der Waals surface area (Å²) in [6, 6.07) is 4.50. The monoisotopic (exact) mass is 316 g/mol. The van der Waals surface area contributed by atoms with Crippen LogP contribution in [0.4, 0.5) is 5.69 Å². The molecule has 0 aliphatic heterocycles. The molecule has 4 N–H and O–H groups in total. The Labute approximate surface area is 124 Å². The van der Waals surface area contributed by atoms with Gasteiger partial charge in [0.05, 0.1) is 12.8 Å². The van der Waals surface area contributed by atoms with Gasteiger partial charge in [-0.25, -0.2) is 0 Å². The molecule has 0 spiro atoms. The van der Waals surface area contributed by atoms with Crippen LogP contribution in [0.1, 0.15) is 19.4 Å². The third-order valence-electron chi connectivity index (χ3n) is 2.89. The van der Waals surface area contributed by atoms with Crippen molar-refractivity contribution in [3.05, 3.63) is 23.8 Å². The number of rotatable bonds is 7. The number of methoxy groups -OCH3 is 1. The quantitative estimate of drug-likeness (QED) is 0.297. The number of benzene rings is 1. The van der Waals surface area contributed by atoms with Crippen LogP contribution in [0, 0.1) is 0 Å². The van der Waals surface area contributed by atoms with E-state index in [-0.39, 0.29) is 17.3 Å². The summed E-state index contributed by atoms with van der Waals surface area (Å²) in [5.41, 5.74) is 6.18. The summed E-state index contributed by atoms with van der Waals surface area (Å²) in [6.45, 7) is 4.22. The lowest BCUT2D eigenvalue weighted by atomic mass is 10.2. The first-order valence-electron chi connectivity index (χ1n) is 6.33. The average molecular weight is 316 g/mol. The molecule has 118 valence electrons. The predicted molar refractivity (Wildman–Crippen MR) is 81.0 cm³/mol. The molecule has 0 amide bonds. The Morgan fingerprint density at radius 1 is 1.43 bits per heavy atom. The summed E-state index contributed by atoms with van der Waals surface area (Å²) in [7, 11) is -2.25. The Hall–Kier alpha value is -2.00. The SMILES string of the molecule is CCN(CC)S(=O)(=O)Nc1ccc(/C(N)=N/O)cc1OC. The number of hydrogen-bond donors (Lipinski definition) is 3. The van der Waals surface area contributed by atoms with Crippen LogP contribution in [-0.4, -0.2) is 44.0 Å². The second kappa shape index (κ2) is 7.14. The highest BCUT2D eigenvalue weighted by Gasteiger charge is 2.20. The number of oxime groups is 1. The molecule has 1 aromatic rings. The first-order valence-corrected chi connectivity index (χ1v) is 7.77. The van der Waals surface area contributed by atoms with Gasteiger partial charge in [-0.05, 0) is 18.2 Å². The molecule has 0 aliphatic carbocycles. The van der Waals surface area contributed by atoms with Gasteiger partial charge in [0.15, 0.2) is 5.84 Å². The summed E-state index contributed by atoms with van der Waals surface area (Å²) in [5, 5.41) is 11.5. The number of nitrogens with two attached hydrogens (primary N) is 1. The van der Waals surface area contributed by atoms with E-state index < -0.39 is 10.2 Å². The van der Waals surface area contributed by atoms with E-state index in [0.29, 0.717) is 18.7 Å². The summed E-state index contributed by atoms with van der Waals surface area (Å²) >= 11 is 0. The van der Waals surface area contributed by atoms with Gasteiger partial charge in [-0.15, -0.1) is 0 Å². The lowest BCUT2D eigenvalue weighted by Gasteiger charge is -2.20. The number of nitrogens with one attached hydrogen (secondary N) is 1. The van der Waals surface area contributed by atoms with Gasteiger partial charge < -0.3 is 15.7 Å². The van der Waals surface area contributed by atoms with Crippen molar-refractivity contribution in [3.63, 3.8) is 0 Å². The minimum Gasteiger partial charge on any atom is -0.495 e. The molecule has 0 fully saturated rings. The maximum atomic E-state index is 12.2. The van der Waals surface area contributed by atoms with Crippen molar-refractivity contribution in [2.24, 2.45) is 10.9 Å². The zero-order valence-corrected chi connectivity index (χ0v) is 13.0. The Morgan fingerprint density at radius 2 is 2.05 bits per heavy atom. The van der Waals surface area contributed by atoms with Crippen molar-refractivity contribution in [1.82, 2.24) is 4.31 Å². The van der Waals surface area contributed by atoms with Crippen molar-refractivity contribution < 1.29 is 18.4 Å².